The number of hydrogen-bond donors (Lipinski definition) is 0. The summed E-state index contributed by atoms with van der Waals surface area (Å²) in [5.41, 5.74) is 2.46. The van der Waals surface area contributed by atoms with Crippen molar-refractivity contribution in [3.63, 3.8) is 0 Å². The maximum absolute atomic E-state index is 13.9. The molecule has 3 aromatic heterocycles. The van der Waals surface area contributed by atoms with Crippen LogP contribution in [0.15, 0.2) is 53.1 Å². The van der Waals surface area contributed by atoms with E-state index >= 15 is 0 Å². The van der Waals surface area contributed by atoms with Crippen LogP contribution >= 0.6 is 0 Å². The van der Waals surface area contributed by atoms with Crippen molar-refractivity contribution in [3.05, 3.63) is 60.1 Å². The summed E-state index contributed by atoms with van der Waals surface area (Å²) in [5, 5.41) is 20.1. The minimum Gasteiger partial charge on any atom is -0.360 e. The molecule has 0 aliphatic carbocycles. The van der Waals surface area contributed by atoms with Gasteiger partial charge in [0.1, 0.15) is 17.3 Å². The SMILES string of the molecule is Cc1onc(-c2cccc(F)c2)c1-c1nnc2c3ccccc3c(N3CCCC3)nn12. The zero-order valence-electron chi connectivity index (χ0n) is 16.9. The summed E-state index contributed by atoms with van der Waals surface area (Å²) in [5.74, 6) is 1.68. The fourth-order valence-corrected chi connectivity index (χ4v) is 4.35. The minimum atomic E-state index is -0.337. The number of aryl methyl sites for hydroxylation is 1. The molecule has 0 bridgehead atoms. The van der Waals surface area contributed by atoms with E-state index in [0.29, 0.717) is 34.1 Å². The van der Waals surface area contributed by atoms with E-state index in [-0.39, 0.29) is 5.82 Å². The van der Waals surface area contributed by atoms with Crippen LogP contribution in [-0.2, 0) is 0 Å². The minimum absolute atomic E-state index is 0.337. The molecular formula is C23H19FN6O. The Bertz CT molecular complexity index is 1430. The summed E-state index contributed by atoms with van der Waals surface area (Å²) >= 11 is 0. The fourth-order valence-electron chi connectivity index (χ4n) is 4.35. The molecule has 0 radical (unpaired) electrons. The molecule has 1 fully saturated rings. The van der Waals surface area contributed by atoms with Gasteiger partial charge in [0, 0.05) is 29.4 Å². The maximum Gasteiger partial charge on any atom is 0.191 e. The van der Waals surface area contributed by atoms with E-state index in [4.69, 9.17) is 9.62 Å². The van der Waals surface area contributed by atoms with Gasteiger partial charge in [-0.3, -0.25) is 0 Å². The number of fused-ring (bicyclic) bond motifs is 3. The molecule has 31 heavy (non-hydrogen) atoms. The highest BCUT2D eigenvalue weighted by atomic mass is 19.1. The predicted octanol–water partition coefficient (Wildman–Crippen LogP) is 4.65. The second-order valence-corrected chi connectivity index (χ2v) is 7.80. The van der Waals surface area contributed by atoms with Crippen molar-refractivity contribution in [3.8, 4) is 22.6 Å². The number of hydrogen-bond acceptors (Lipinski definition) is 6. The molecule has 0 spiro atoms. The van der Waals surface area contributed by atoms with Crippen molar-refractivity contribution in [1.82, 2.24) is 25.0 Å². The Kier molecular flexibility index (Phi) is 3.99. The Morgan fingerprint density at radius 3 is 2.58 bits per heavy atom. The van der Waals surface area contributed by atoms with Gasteiger partial charge < -0.3 is 9.42 Å². The second kappa shape index (κ2) is 6.87. The molecule has 4 heterocycles. The summed E-state index contributed by atoms with van der Waals surface area (Å²) in [6.45, 7) is 3.76. The lowest BCUT2D eigenvalue weighted by atomic mass is 10.1. The first-order chi connectivity index (χ1) is 15.2. The number of nitrogens with zero attached hydrogens (tertiary/aromatic N) is 6. The van der Waals surface area contributed by atoms with Crippen molar-refractivity contribution < 1.29 is 8.91 Å². The molecule has 154 valence electrons. The lowest BCUT2D eigenvalue weighted by molar-refractivity contribution is 0.400. The van der Waals surface area contributed by atoms with E-state index in [1.165, 1.54) is 12.1 Å². The van der Waals surface area contributed by atoms with Crippen LogP contribution in [0.25, 0.3) is 39.1 Å². The number of anilines is 1. The van der Waals surface area contributed by atoms with E-state index in [1.807, 2.05) is 25.1 Å². The number of halogens is 1. The average molecular weight is 414 g/mol. The summed E-state index contributed by atoms with van der Waals surface area (Å²) in [6.07, 6.45) is 2.30. The van der Waals surface area contributed by atoms with Crippen LogP contribution in [-0.4, -0.2) is 38.1 Å². The summed E-state index contributed by atoms with van der Waals surface area (Å²) in [4.78, 5) is 2.31. The highest BCUT2D eigenvalue weighted by molar-refractivity contribution is 6.00. The van der Waals surface area contributed by atoms with E-state index < -0.39 is 0 Å². The van der Waals surface area contributed by atoms with Crippen molar-refractivity contribution in [2.75, 3.05) is 18.0 Å². The second-order valence-electron chi connectivity index (χ2n) is 7.80. The number of rotatable bonds is 3. The number of benzene rings is 2. The van der Waals surface area contributed by atoms with Gasteiger partial charge in [-0.05, 0) is 31.9 Å². The van der Waals surface area contributed by atoms with Gasteiger partial charge in [-0.1, -0.05) is 41.6 Å². The summed E-state index contributed by atoms with van der Waals surface area (Å²) in [6, 6.07) is 14.4. The zero-order valence-corrected chi connectivity index (χ0v) is 16.9. The molecule has 1 aliphatic rings. The molecule has 6 rings (SSSR count). The predicted molar refractivity (Wildman–Crippen MR) is 115 cm³/mol. The van der Waals surface area contributed by atoms with Crippen LogP contribution in [0.2, 0.25) is 0 Å². The fraction of sp³-hybridized carbons (Fsp3) is 0.217. The van der Waals surface area contributed by atoms with Gasteiger partial charge in [-0.2, -0.15) is 4.52 Å². The van der Waals surface area contributed by atoms with Crippen LogP contribution in [0.1, 0.15) is 18.6 Å². The molecule has 0 amide bonds. The zero-order chi connectivity index (χ0) is 20.9. The summed E-state index contributed by atoms with van der Waals surface area (Å²) in [7, 11) is 0. The smallest absolute Gasteiger partial charge is 0.191 e. The third-order valence-electron chi connectivity index (χ3n) is 5.83. The first kappa shape index (κ1) is 18.0. The van der Waals surface area contributed by atoms with Gasteiger partial charge in [0.05, 0.1) is 5.56 Å². The molecule has 7 nitrogen and oxygen atoms in total. The Morgan fingerprint density at radius 1 is 0.968 bits per heavy atom. The summed E-state index contributed by atoms with van der Waals surface area (Å²) < 4.78 is 21.1. The van der Waals surface area contributed by atoms with Crippen molar-refractivity contribution in [2.24, 2.45) is 0 Å². The maximum atomic E-state index is 13.9. The Balaban J connectivity index is 1.63. The quantitative estimate of drug-likeness (QED) is 0.428. The molecule has 2 aromatic carbocycles. The monoisotopic (exact) mass is 414 g/mol. The first-order valence-electron chi connectivity index (χ1n) is 10.3. The van der Waals surface area contributed by atoms with Crippen LogP contribution < -0.4 is 4.90 Å². The lowest BCUT2D eigenvalue weighted by Gasteiger charge is -2.18. The molecule has 0 saturated carbocycles. The molecule has 1 saturated heterocycles. The molecule has 5 aromatic rings. The van der Waals surface area contributed by atoms with Gasteiger partial charge in [0.15, 0.2) is 17.3 Å². The van der Waals surface area contributed by atoms with Crippen molar-refractivity contribution in [2.45, 2.75) is 19.8 Å². The highest BCUT2D eigenvalue weighted by Crippen LogP contribution is 2.36. The average Bonchev–Trinajstić information content (AvgIpc) is 3.53. The van der Waals surface area contributed by atoms with Crippen LogP contribution in [0.3, 0.4) is 0 Å². The molecular weight excluding hydrogens is 395 g/mol. The largest absolute Gasteiger partial charge is 0.360 e. The Morgan fingerprint density at radius 2 is 1.77 bits per heavy atom. The van der Waals surface area contributed by atoms with Gasteiger partial charge in [-0.15, -0.1) is 15.3 Å². The molecule has 8 heteroatoms. The molecule has 0 unspecified atom stereocenters. The van der Waals surface area contributed by atoms with Crippen LogP contribution in [0.5, 0.6) is 0 Å². The van der Waals surface area contributed by atoms with Crippen molar-refractivity contribution in [1.29, 1.82) is 0 Å². The van der Waals surface area contributed by atoms with Crippen LogP contribution in [0, 0.1) is 12.7 Å². The Labute approximate surface area is 177 Å². The Hall–Kier alpha value is -3.81. The first-order valence-corrected chi connectivity index (χ1v) is 10.3. The van der Waals surface area contributed by atoms with E-state index in [0.717, 1.165) is 42.5 Å². The topological polar surface area (TPSA) is 72.3 Å². The third-order valence-corrected chi connectivity index (χ3v) is 5.83. The molecule has 0 N–H and O–H groups in total. The van der Waals surface area contributed by atoms with Gasteiger partial charge >= 0.3 is 0 Å². The van der Waals surface area contributed by atoms with E-state index in [9.17, 15) is 4.39 Å². The standard InChI is InChI=1S/C23H19FN6O/c1-14-19(20(28-31-14)15-7-6-8-16(24)13-15)23-26-25-21-17-9-2-3-10-18(17)22(27-30(21)23)29-11-4-5-12-29/h2-3,6-10,13H,4-5,11-12H2,1H3. The van der Waals surface area contributed by atoms with Crippen LogP contribution in [0.4, 0.5) is 10.2 Å². The normalized spacial score (nSPS) is 14.2. The highest BCUT2D eigenvalue weighted by Gasteiger charge is 2.25. The lowest BCUT2D eigenvalue weighted by Crippen LogP contribution is -2.20. The van der Waals surface area contributed by atoms with Gasteiger partial charge in [0.2, 0.25) is 0 Å². The molecule has 1 aliphatic heterocycles. The number of aromatic nitrogens is 5. The van der Waals surface area contributed by atoms with E-state index in [1.54, 1.807) is 16.6 Å². The van der Waals surface area contributed by atoms with Gasteiger partial charge in [0.25, 0.3) is 0 Å². The third kappa shape index (κ3) is 2.78. The molecule has 0 atom stereocenters. The van der Waals surface area contributed by atoms with E-state index in [2.05, 4.69) is 26.3 Å². The van der Waals surface area contributed by atoms with Crippen molar-refractivity contribution >= 4 is 22.2 Å². The van der Waals surface area contributed by atoms with Gasteiger partial charge in [-0.25, -0.2) is 4.39 Å².